The van der Waals surface area contributed by atoms with E-state index in [0.717, 1.165) is 18.4 Å². The van der Waals surface area contributed by atoms with Crippen molar-refractivity contribution >= 4 is 11.8 Å². The Bertz CT molecular complexity index is 892. The van der Waals surface area contributed by atoms with Crippen LogP contribution < -0.4 is 20.5 Å². The van der Waals surface area contributed by atoms with E-state index < -0.39 is 18.1 Å². The van der Waals surface area contributed by atoms with Gasteiger partial charge in [-0.2, -0.15) is 0 Å². The third-order valence-corrected chi connectivity index (χ3v) is 7.49. The van der Waals surface area contributed by atoms with Gasteiger partial charge in [0.1, 0.15) is 0 Å². The molecule has 1 aromatic carbocycles. The average molecular weight is 566 g/mol. The van der Waals surface area contributed by atoms with E-state index in [1.165, 1.54) is 4.90 Å². The van der Waals surface area contributed by atoms with Crippen LogP contribution in [0.25, 0.3) is 0 Å². The highest BCUT2D eigenvalue weighted by molar-refractivity contribution is 5.81. The second kappa shape index (κ2) is 18.1. The van der Waals surface area contributed by atoms with Gasteiger partial charge in [0.15, 0.2) is 11.5 Å². The molecule has 1 rings (SSSR count). The van der Waals surface area contributed by atoms with Crippen molar-refractivity contribution in [1.29, 1.82) is 0 Å². The standard InChI is InChI=1S/C31H55N3O6/c1-20(2)24(16-23-11-12-28(39-9)29(17-23)40-14-10-13-38-8)18-26(32)27(35)19-25(21(3)4)31(37)33-22(5)15-30(36)34(6)7/h11-12,17,20-22,24-27,35H,10,13-16,18-19,32H2,1-9H3,(H,33,37)/t22-,24+,25+,26+,27+/m1/s1. The van der Waals surface area contributed by atoms with E-state index in [2.05, 4.69) is 19.2 Å². The fourth-order valence-corrected chi connectivity index (χ4v) is 4.71. The van der Waals surface area contributed by atoms with Crippen LogP contribution in [0, 0.1) is 23.7 Å². The van der Waals surface area contributed by atoms with Crippen molar-refractivity contribution in [2.24, 2.45) is 29.4 Å². The van der Waals surface area contributed by atoms with Gasteiger partial charge in [0.25, 0.3) is 0 Å². The summed E-state index contributed by atoms with van der Waals surface area (Å²) >= 11 is 0. The molecule has 2 amide bonds. The minimum Gasteiger partial charge on any atom is -0.493 e. The molecule has 0 aliphatic rings. The third-order valence-electron chi connectivity index (χ3n) is 7.49. The Labute approximate surface area is 242 Å². The molecule has 0 saturated heterocycles. The first-order valence-electron chi connectivity index (χ1n) is 14.5. The molecule has 40 heavy (non-hydrogen) atoms. The molecule has 0 aliphatic heterocycles. The van der Waals surface area contributed by atoms with Crippen molar-refractivity contribution < 1.29 is 28.9 Å². The van der Waals surface area contributed by atoms with E-state index >= 15 is 0 Å². The summed E-state index contributed by atoms with van der Waals surface area (Å²) in [7, 11) is 6.69. The first-order chi connectivity index (χ1) is 18.8. The highest BCUT2D eigenvalue weighted by Gasteiger charge is 2.30. The zero-order chi connectivity index (χ0) is 30.4. The van der Waals surface area contributed by atoms with Gasteiger partial charge in [0.05, 0.1) is 19.8 Å². The lowest BCUT2D eigenvalue weighted by atomic mass is 9.80. The lowest BCUT2D eigenvalue weighted by Crippen LogP contribution is -2.45. The van der Waals surface area contributed by atoms with E-state index in [0.29, 0.717) is 37.1 Å². The Morgan fingerprint density at radius 3 is 2.23 bits per heavy atom. The number of carbonyl (C=O) groups is 2. The summed E-state index contributed by atoms with van der Waals surface area (Å²) in [6, 6.07) is 5.21. The first-order valence-corrected chi connectivity index (χ1v) is 14.5. The molecule has 0 radical (unpaired) electrons. The summed E-state index contributed by atoms with van der Waals surface area (Å²) in [5.41, 5.74) is 7.65. The molecule has 0 saturated carbocycles. The Hall–Kier alpha value is -2.36. The molecular formula is C31H55N3O6. The lowest BCUT2D eigenvalue weighted by Gasteiger charge is -2.30. The van der Waals surface area contributed by atoms with Gasteiger partial charge in [0.2, 0.25) is 11.8 Å². The quantitative estimate of drug-likeness (QED) is 0.219. The van der Waals surface area contributed by atoms with Gasteiger partial charge < -0.3 is 35.3 Å². The second-order valence-electron chi connectivity index (χ2n) is 11.8. The number of nitrogens with zero attached hydrogens (tertiary/aromatic N) is 1. The summed E-state index contributed by atoms with van der Waals surface area (Å²) in [4.78, 5) is 26.6. The van der Waals surface area contributed by atoms with Crippen molar-refractivity contribution in [3.63, 3.8) is 0 Å². The van der Waals surface area contributed by atoms with E-state index in [1.807, 2.05) is 39.0 Å². The number of aliphatic hydroxyl groups is 1. The molecule has 0 heterocycles. The summed E-state index contributed by atoms with van der Waals surface area (Å²) in [6.07, 6.45) is 1.86. The highest BCUT2D eigenvalue weighted by Crippen LogP contribution is 2.31. The van der Waals surface area contributed by atoms with Crippen molar-refractivity contribution in [1.82, 2.24) is 10.2 Å². The highest BCUT2D eigenvalue weighted by atomic mass is 16.5. The predicted molar refractivity (Wildman–Crippen MR) is 159 cm³/mol. The Morgan fingerprint density at radius 1 is 1.00 bits per heavy atom. The smallest absolute Gasteiger partial charge is 0.224 e. The molecule has 0 aliphatic carbocycles. The summed E-state index contributed by atoms with van der Waals surface area (Å²) in [5.74, 6) is 1.36. The largest absolute Gasteiger partial charge is 0.493 e. The fourth-order valence-electron chi connectivity index (χ4n) is 4.71. The number of ether oxygens (including phenoxy) is 3. The molecule has 9 heteroatoms. The lowest BCUT2D eigenvalue weighted by molar-refractivity contribution is -0.130. The molecule has 0 spiro atoms. The second-order valence-corrected chi connectivity index (χ2v) is 11.8. The van der Waals surface area contributed by atoms with Crippen LogP contribution in [0.1, 0.15) is 65.9 Å². The number of benzene rings is 1. The Kier molecular flexibility index (Phi) is 16.2. The molecule has 4 N–H and O–H groups in total. The van der Waals surface area contributed by atoms with Crippen LogP contribution >= 0.6 is 0 Å². The van der Waals surface area contributed by atoms with Crippen molar-refractivity contribution in [3.8, 4) is 11.5 Å². The Morgan fingerprint density at radius 2 is 1.68 bits per heavy atom. The van der Waals surface area contributed by atoms with Crippen LogP contribution in [0.15, 0.2) is 18.2 Å². The molecule has 230 valence electrons. The predicted octanol–water partition coefficient (Wildman–Crippen LogP) is 3.65. The number of aliphatic hydroxyl groups excluding tert-OH is 1. The van der Waals surface area contributed by atoms with Crippen LogP contribution in [0.4, 0.5) is 0 Å². The molecule has 0 bridgehead atoms. The zero-order valence-electron chi connectivity index (χ0n) is 26.2. The number of rotatable bonds is 19. The molecule has 5 atom stereocenters. The number of nitrogens with one attached hydrogen (secondary N) is 1. The van der Waals surface area contributed by atoms with Gasteiger partial charge in [-0.15, -0.1) is 0 Å². The maximum absolute atomic E-state index is 13.1. The van der Waals surface area contributed by atoms with Crippen molar-refractivity contribution in [3.05, 3.63) is 23.8 Å². The van der Waals surface area contributed by atoms with Gasteiger partial charge in [-0.1, -0.05) is 33.8 Å². The molecule has 9 nitrogen and oxygen atoms in total. The molecular weight excluding hydrogens is 510 g/mol. The summed E-state index contributed by atoms with van der Waals surface area (Å²) in [6.45, 7) is 11.2. The number of carbonyl (C=O) groups excluding carboxylic acids is 2. The Balaban J connectivity index is 2.85. The zero-order valence-corrected chi connectivity index (χ0v) is 26.2. The van der Waals surface area contributed by atoms with E-state index in [9.17, 15) is 14.7 Å². The molecule has 1 aromatic rings. The minimum atomic E-state index is -0.825. The molecule has 0 aromatic heterocycles. The number of amides is 2. The first kappa shape index (κ1) is 35.7. The van der Waals surface area contributed by atoms with Crippen molar-refractivity contribution in [2.45, 2.75) is 84.9 Å². The van der Waals surface area contributed by atoms with Gasteiger partial charge in [-0.3, -0.25) is 9.59 Å². The topological polar surface area (TPSA) is 123 Å². The van der Waals surface area contributed by atoms with E-state index in [1.54, 1.807) is 28.3 Å². The number of nitrogens with two attached hydrogens (primary N) is 1. The van der Waals surface area contributed by atoms with Crippen LogP contribution in [-0.2, 0) is 20.7 Å². The van der Waals surface area contributed by atoms with E-state index in [4.69, 9.17) is 19.9 Å². The van der Waals surface area contributed by atoms with Gasteiger partial charge >= 0.3 is 0 Å². The van der Waals surface area contributed by atoms with Crippen molar-refractivity contribution in [2.75, 3.05) is 41.5 Å². The monoisotopic (exact) mass is 565 g/mol. The van der Waals surface area contributed by atoms with Crippen LogP contribution in [0.5, 0.6) is 11.5 Å². The normalized spacial score (nSPS) is 15.3. The summed E-state index contributed by atoms with van der Waals surface area (Å²) in [5, 5.41) is 14.0. The average Bonchev–Trinajstić information content (AvgIpc) is 2.88. The summed E-state index contributed by atoms with van der Waals surface area (Å²) < 4.78 is 16.5. The number of methoxy groups -OCH3 is 2. The number of hydrogen-bond acceptors (Lipinski definition) is 7. The van der Waals surface area contributed by atoms with Gasteiger partial charge in [0, 0.05) is 58.7 Å². The number of hydrogen-bond donors (Lipinski definition) is 3. The minimum absolute atomic E-state index is 0.0149. The maximum atomic E-state index is 13.1. The SMILES string of the molecule is COCCCOc1cc(C[C@@H](C[C@H](N)[C@@H](O)C[C@H](C(=O)N[C@H](C)CC(=O)N(C)C)C(C)C)C(C)C)ccc1OC. The molecule has 0 unspecified atom stereocenters. The van der Waals surface area contributed by atoms with Crippen LogP contribution in [-0.4, -0.2) is 81.5 Å². The van der Waals surface area contributed by atoms with Crippen LogP contribution in [0.2, 0.25) is 0 Å². The van der Waals surface area contributed by atoms with Gasteiger partial charge in [-0.25, -0.2) is 0 Å². The molecule has 0 fully saturated rings. The van der Waals surface area contributed by atoms with E-state index in [-0.39, 0.29) is 42.5 Å². The van der Waals surface area contributed by atoms with Crippen LogP contribution in [0.3, 0.4) is 0 Å². The fraction of sp³-hybridized carbons (Fsp3) is 0.742. The van der Waals surface area contributed by atoms with Gasteiger partial charge in [-0.05, 0) is 61.6 Å². The third kappa shape index (κ3) is 12.4. The maximum Gasteiger partial charge on any atom is 0.224 e.